The molecule has 2 saturated heterocycles. The Morgan fingerprint density at radius 1 is 1.12 bits per heavy atom. The second-order valence-electron chi connectivity index (χ2n) is 8.78. The highest BCUT2D eigenvalue weighted by molar-refractivity contribution is 6.07. The van der Waals surface area contributed by atoms with Crippen LogP contribution in [0.5, 0.6) is 0 Å². The summed E-state index contributed by atoms with van der Waals surface area (Å²) in [6, 6.07) is 10.0. The lowest BCUT2D eigenvalue weighted by Crippen LogP contribution is -2.62. The standard InChI is InChI=1S/C24H20FN3O5/c1-24(2)22(31)28(23(32)26-24)14-11-27(12-14)20(29)17-9-13(7-8-18(17)25)10-19-15-5-3-4-6-16(15)21(30)33-19/h3-10,14H,11-12H2,1-2H3,(H,26,32)/b19-10-. The molecule has 0 unspecified atom stereocenters. The van der Waals surface area contributed by atoms with Crippen LogP contribution in [0.25, 0.3) is 11.8 Å². The number of nitrogens with zero attached hydrogens (tertiary/aromatic N) is 2. The predicted molar refractivity (Wildman–Crippen MR) is 115 cm³/mol. The third-order valence-corrected chi connectivity index (χ3v) is 6.04. The number of ether oxygens (including phenoxy) is 1. The average molecular weight is 449 g/mol. The van der Waals surface area contributed by atoms with Gasteiger partial charge in [-0.2, -0.15) is 0 Å². The summed E-state index contributed by atoms with van der Waals surface area (Å²) in [7, 11) is 0. The molecule has 1 N–H and O–H groups in total. The largest absolute Gasteiger partial charge is 0.422 e. The zero-order chi connectivity index (χ0) is 23.5. The summed E-state index contributed by atoms with van der Waals surface area (Å²) in [6.07, 6.45) is 1.58. The predicted octanol–water partition coefficient (Wildman–Crippen LogP) is 2.65. The van der Waals surface area contributed by atoms with Crippen LogP contribution < -0.4 is 5.32 Å². The molecular weight excluding hydrogens is 429 g/mol. The number of carbonyl (C=O) groups is 4. The number of amides is 4. The van der Waals surface area contributed by atoms with Crippen molar-refractivity contribution < 1.29 is 28.3 Å². The van der Waals surface area contributed by atoms with Crippen molar-refractivity contribution >= 4 is 35.6 Å². The maximum atomic E-state index is 14.5. The Balaban J connectivity index is 1.34. The first-order chi connectivity index (χ1) is 15.7. The van der Waals surface area contributed by atoms with Crippen LogP contribution >= 0.6 is 0 Å². The molecule has 0 bridgehead atoms. The summed E-state index contributed by atoms with van der Waals surface area (Å²) >= 11 is 0. The smallest absolute Gasteiger partial charge is 0.344 e. The van der Waals surface area contributed by atoms with Gasteiger partial charge in [0.1, 0.15) is 17.1 Å². The van der Waals surface area contributed by atoms with Gasteiger partial charge in [-0.15, -0.1) is 0 Å². The Hall–Kier alpha value is -4.01. The number of cyclic esters (lactones) is 1. The maximum absolute atomic E-state index is 14.5. The first-order valence-electron chi connectivity index (χ1n) is 10.4. The van der Waals surface area contributed by atoms with E-state index >= 15 is 0 Å². The Morgan fingerprint density at radius 3 is 2.48 bits per heavy atom. The zero-order valence-electron chi connectivity index (χ0n) is 17.9. The van der Waals surface area contributed by atoms with Crippen LogP contribution in [0.2, 0.25) is 0 Å². The highest BCUT2D eigenvalue weighted by Crippen LogP contribution is 2.32. The number of likely N-dealkylation sites (tertiary alicyclic amines) is 1. The second-order valence-corrected chi connectivity index (χ2v) is 8.78. The topological polar surface area (TPSA) is 96.0 Å². The molecule has 9 heteroatoms. The number of urea groups is 1. The first kappa shape index (κ1) is 20.9. The first-order valence-corrected chi connectivity index (χ1v) is 10.4. The third kappa shape index (κ3) is 3.36. The van der Waals surface area contributed by atoms with Crippen molar-refractivity contribution in [2.45, 2.75) is 25.4 Å². The van der Waals surface area contributed by atoms with E-state index in [1.807, 2.05) is 0 Å². The normalized spacial score (nSPS) is 20.6. The Kier molecular flexibility index (Phi) is 4.59. The van der Waals surface area contributed by atoms with Crippen molar-refractivity contribution in [2.75, 3.05) is 13.1 Å². The van der Waals surface area contributed by atoms with E-state index in [4.69, 9.17) is 4.74 Å². The fourth-order valence-corrected chi connectivity index (χ4v) is 4.20. The minimum absolute atomic E-state index is 0.129. The summed E-state index contributed by atoms with van der Waals surface area (Å²) in [4.78, 5) is 52.0. The zero-order valence-corrected chi connectivity index (χ0v) is 17.9. The number of halogens is 1. The van der Waals surface area contributed by atoms with Gasteiger partial charge in [0.2, 0.25) is 0 Å². The summed E-state index contributed by atoms with van der Waals surface area (Å²) in [6.45, 7) is 3.49. The molecule has 2 aromatic carbocycles. The van der Waals surface area contributed by atoms with Crippen LogP contribution in [0.15, 0.2) is 42.5 Å². The van der Waals surface area contributed by atoms with Crippen LogP contribution in [0.4, 0.5) is 9.18 Å². The molecule has 4 amide bonds. The van der Waals surface area contributed by atoms with E-state index in [0.717, 1.165) is 4.90 Å². The van der Waals surface area contributed by atoms with E-state index in [2.05, 4.69) is 5.32 Å². The number of nitrogens with one attached hydrogen (secondary N) is 1. The second kappa shape index (κ2) is 7.26. The molecule has 3 aliphatic rings. The monoisotopic (exact) mass is 449 g/mol. The van der Waals surface area contributed by atoms with E-state index in [1.165, 1.54) is 23.1 Å². The van der Waals surface area contributed by atoms with Gasteiger partial charge in [0, 0.05) is 18.7 Å². The molecule has 168 valence electrons. The van der Waals surface area contributed by atoms with Crippen molar-refractivity contribution in [1.82, 2.24) is 15.1 Å². The van der Waals surface area contributed by atoms with Gasteiger partial charge < -0.3 is 15.0 Å². The number of esters is 1. The summed E-state index contributed by atoms with van der Waals surface area (Å²) in [5.74, 6) is -1.73. The van der Waals surface area contributed by atoms with Crippen molar-refractivity contribution in [1.29, 1.82) is 0 Å². The number of hydrogen-bond acceptors (Lipinski definition) is 5. The number of benzene rings is 2. The van der Waals surface area contributed by atoms with Crippen LogP contribution in [0, 0.1) is 5.82 Å². The van der Waals surface area contributed by atoms with Gasteiger partial charge in [-0.3, -0.25) is 14.5 Å². The summed E-state index contributed by atoms with van der Waals surface area (Å²) in [5, 5.41) is 2.61. The van der Waals surface area contributed by atoms with Gasteiger partial charge in [0.15, 0.2) is 0 Å². The maximum Gasteiger partial charge on any atom is 0.344 e. The molecular formula is C24H20FN3O5. The Bertz CT molecular complexity index is 1260. The average Bonchev–Trinajstić information content (AvgIpc) is 3.15. The molecule has 0 aliphatic carbocycles. The minimum atomic E-state index is -0.988. The third-order valence-electron chi connectivity index (χ3n) is 6.04. The number of imide groups is 1. The van der Waals surface area contributed by atoms with E-state index in [1.54, 1.807) is 44.2 Å². The van der Waals surface area contributed by atoms with Gasteiger partial charge in [0.05, 0.1) is 17.2 Å². The fraction of sp³-hybridized carbons (Fsp3) is 0.250. The van der Waals surface area contributed by atoms with Crippen LogP contribution in [-0.4, -0.2) is 58.3 Å². The molecule has 2 aromatic rings. The molecule has 3 aliphatic heterocycles. The van der Waals surface area contributed by atoms with Crippen molar-refractivity contribution in [2.24, 2.45) is 0 Å². The lowest BCUT2D eigenvalue weighted by atomic mass is 10.0. The number of carbonyl (C=O) groups excluding carboxylic acids is 4. The van der Waals surface area contributed by atoms with Gasteiger partial charge in [-0.25, -0.2) is 14.0 Å². The van der Waals surface area contributed by atoms with E-state index in [9.17, 15) is 23.6 Å². The number of hydrogen-bond donors (Lipinski definition) is 1. The lowest BCUT2D eigenvalue weighted by molar-refractivity contribution is -0.133. The molecule has 0 spiro atoms. The number of fused-ring (bicyclic) bond motifs is 1. The SMILES string of the molecule is CC1(C)NC(=O)N(C2CN(C(=O)c3cc(/C=C4\OC(=O)c5ccccc54)ccc3F)C2)C1=O. The number of rotatable bonds is 3. The molecule has 0 aromatic heterocycles. The summed E-state index contributed by atoms with van der Waals surface area (Å²) < 4.78 is 19.8. The van der Waals surface area contributed by atoms with E-state index in [-0.39, 0.29) is 24.6 Å². The summed E-state index contributed by atoms with van der Waals surface area (Å²) in [5.41, 5.74) is 0.432. The van der Waals surface area contributed by atoms with Crippen molar-refractivity contribution in [3.63, 3.8) is 0 Å². The Morgan fingerprint density at radius 2 is 1.82 bits per heavy atom. The molecule has 3 heterocycles. The minimum Gasteiger partial charge on any atom is -0.422 e. The van der Waals surface area contributed by atoms with Gasteiger partial charge in [0.25, 0.3) is 11.8 Å². The lowest BCUT2D eigenvalue weighted by Gasteiger charge is -2.42. The van der Waals surface area contributed by atoms with Crippen molar-refractivity contribution in [3.8, 4) is 0 Å². The molecule has 0 atom stereocenters. The molecule has 5 rings (SSSR count). The van der Waals surface area contributed by atoms with Gasteiger partial charge in [-0.05, 0) is 43.7 Å². The van der Waals surface area contributed by atoms with Crippen LogP contribution in [0.3, 0.4) is 0 Å². The highest BCUT2D eigenvalue weighted by Gasteiger charge is 2.50. The quantitative estimate of drug-likeness (QED) is 0.574. The molecule has 0 saturated carbocycles. The molecule has 0 radical (unpaired) electrons. The fourth-order valence-electron chi connectivity index (χ4n) is 4.20. The molecule has 33 heavy (non-hydrogen) atoms. The van der Waals surface area contributed by atoms with E-state index in [0.29, 0.717) is 22.4 Å². The van der Waals surface area contributed by atoms with E-state index < -0.39 is 35.3 Å². The molecule has 8 nitrogen and oxygen atoms in total. The Labute approximate surface area is 188 Å². The highest BCUT2D eigenvalue weighted by atomic mass is 19.1. The van der Waals surface area contributed by atoms with Gasteiger partial charge in [-0.1, -0.05) is 24.3 Å². The van der Waals surface area contributed by atoms with Crippen LogP contribution in [-0.2, 0) is 9.53 Å². The van der Waals surface area contributed by atoms with Crippen LogP contribution in [0.1, 0.15) is 45.7 Å². The van der Waals surface area contributed by atoms with Crippen molar-refractivity contribution in [3.05, 3.63) is 70.5 Å². The van der Waals surface area contributed by atoms with Gasteiger partial charge >= 0.3 is 12.0 Å². The molecule has 2 fully saturated rings.